The summed E-state index contributed by atoms with van der Waals surface area (Å²) in [5, 5.41) is 24.1. The van der Waals surface area contributed by atoms with E-state index in [0.717, 1.165) is 11.1 Å². The van der Waals surface area contributed by atoms with Crippen LogP contribution < -0.4 is 5.32 Å². The Kier molecular flexibility index (Phi) is 7.31. The number of carbonyl (C=O) groups is 1. The number of ketones is 1. The third-order valence-corrected chi connectivity index (χ3v) is 10.4. The van der Waals surface area contributed by atoms with E-state index in [1.807, 2.05) is 12.1 Å². The van der Waals surface area contributed by atoms with E-state index in [1.54, 1.807) is 30.3 Å². The van der Waals surface area contributed by atoms with Crippen molar-refractivity contribution in [3.63, 3.8) is 0 Å². The van der Waals surface area contributed by atoms with Crippen molar-refractivity contribution in [3.8, 4) is 11.1 Å². The van der Waals surface area contributed by atoms with Gasteiger partial charge < -0.3 is 39.5 Å². The predicted molar refractivity (Wildman–Crippen MR) is 148 cm³/mol. The van der Waals surface area contributed by atoms with E-state index < -0.39 is 52.2 Å². The lowest BCUT2D eigenvalue weighted by Gasteiger charge is -2.18. The summed E-state index contributed by atoms with van der Waals surface area (Å²) in [7, 11) is -9.59. The number of carbonyl (C=O) groups excluding carboxylic acids is 1. The summed E-state index contributed by atoms with van der Waals surface area (Å²) in [5.74, 6) is -1.28. The lowest BCUT2D eigenvalue weighted by molar-refractivity contribution is -0.0483. The first-order valence-electron chi connectivity index (χ1n) is 12.3. The molecule has 5 unspecified atom stereocenters. The van der Waals surface area contributed by atoms with Crippen molar-refractivity contribution in [3.05, 3.63) is 65.2 Å². The number of anilines is 2. The Morgan fingerprint density at radius 3 is 2.45 bits per heavy atom. The zero-order valence-corrected chi connectivity index (χ0v) is 23.7. The van der Waals surface area contributed by atoms with Gasteiger partial charge in [-0.05, 0) is 40.9 Å². The number of imidazole rings is 1. The second-order valence-electron chi connectivity index (χ2n) is 9.71. The topological polar surface area (TPSA) is 226 Å². The number of aromatic nitrogens is 4. The third kappa shape index (κ3) is 5.40. The van der Waals surface area contributed by atoms with Gasteiger partial charge in [-0.1, -0.05) is 24.3 Å². The average molecular weight is 638 g/mol. The minimum atomic E-state index is -4.86. The van der Waals surface area contributed by atoms with Crippen molar-refractivity contribution in [1.29, 1.82) is 0 Å². The summed E-state index contributed by atoms with van der Waals surface area (Å²) >= 11 is 6.21. The molecule has 4 aromatic rings. The fraction of sp³-hybridized carbons (Fsp3) is 0.250. The van der Waals surface area contributed by atoms with Crippen molar-refractivity contribution in [1.82, 2.24) is 19.5 Å². The fourth-order valence-corrected chi connectivity index (χ4v) is 7.70. The highest BCUT2D eigenvalue weighted by Gasteiger charge is 2.46. The standard InChI is InChI=1S/C24H22ClN5O10P2/c25-24-28-21(27-11-5-6-14-15(7-11)12-3-1-2-4-13(12)18(14)31)17-22(29-24)30(9-26-17)23-20(33)19(32)16(40-23)8-39-42(37,38)10-41(34,35)36/h1-7,9,16,19-20,23,32-33H,8,10H2,(H,37,38)(H,27,28,29)(H2,34,35,36). The third-order valence-electron chi connectivity index (χ3n) is 6.80. The molecule has 2 aliphatic rings. The van der Waals surface area contributed by atoms with Gasteiger partial charge in [0.1, 0.15) is 18.3 Å². The molecule has 0 bridgehead atoms. The zero-order chi connectivity index (χ0) is 30.0. The number of hydrogen-bond donors (Lipinski definition) is 6. The van der Waals surface area contributed by atoms with Gasteiger partial charge in [0.15, 0.2) is 34.9 Å². The first-order valence-corrected chi connectivity index (χ1v) is 16.2. The highest BCUT2D eigenvalue weighted by atomic mass is 35.5. The van der Waals surface area contributed by atoms with Crippen LogP contribution in [0.2, 0.25) is 5.28 Å². The Morgan fingerprint density at radius 1 is 1.00 bits per heavy atom. The van der Waals surface area contributed by atoms with Gasteiger partial charge >= 0.3 is 15.2 Å². The largest absolute Gasteiger partial charge is 0.387 e. The zero-order valence-electron chi connectivity index (χ0n) is 21.2. The molecule has 0 saturated carbocycles. The maximum atomic E-state index is 12.7. The van der Waals surface area contributed by atoms with Crippen LogP contribution in [0.25, 0.3) is 22.3 Å². The van der Waals surface area contributed by atoms with E-state index in [2.05, 4.69) is 20.3 Å². The molecule has 2 aromatic carbocycles. The Labute approximate surface area is 241 Å². The number of ether oxygens (including phenoxy) is 1. The normalized spacial score (nSPS) is 23.1. The van der Waals surface area contributed by atoms with E-state index >= 15 is 0 Å². The molecule has 5 atom stereocenters. The molecule has 6 N–H and O–H groups in total. The first-order chi connectivity index (χ1) is 19.8. The Bertz CT molecular complexity index is 1830. The van der Waals surface area contributed by atoms with Crippen LogP contribution in [0.3, 0.4) is 0 Å². The number of halogens is 1. The maximum absolute atomic E-state index is 12.7. The number of aliphatic hydroxyl groups is 2. The highest BCUT2D eigenvalue weighted by Crippen LogP contribution is 2.55. The monoisotopic (exact) mass is 637 g/mol. The molecule has 0 radical (unpaired) electrons. The van der Waals surface area contributed by atoms with Gasteiger partial charge in [0.25, 0.3) is 0 Å². The van der Waals surface area contributed by atoms with Crippen molar-refractivity contribution in [2.24, 2.45) is 0 Å². The molecule has 1 saturated heterocycles. The van der Waals surface area contributed by atoms with Crippen LogP contribution >= 0.6 is 26.8 Å². The van der Waals surface area contributed by atoms with Crippen LogP contribution in [0, 0.1) is 0 Å². The average Bonchev–Trinajstić information content (AvgIpc) is 3.54. The molecular formula is C24H22ClN5O10P2. The Morgan fingerprint density at radius 2 is 1.71 bits per heavy atom. The van der Waals surface area contributed by atoms with E-state index in [-0.39, 0.29) is 28.0 Å². The van der Waals surface area contributed by atoms with Gasteiger partial charge in [-0.2, -0.15) is 9.97 Å². The number of nitrogens with one attached hydrogen (secondary N) is 1. The van der Waals surface area contributed by atoms with E-state index in [4.69, 9.17) is 30.6 Å². The van der Waals surface area contributed by atoms with Crippen LogP contribution in [-0.2, 0) is 18.4 Å². The van der Waals surface area contributed by atoms with Crippen LogP contribution in [0.5, 0.6) is 0 Å². The lowest BCUT2D eigenvalue weighted by Crippen LogP contribution is -2.33. The molecule has 0 spiro atoms. The molecule has 15 nitrogen and oxygen atoms in total. The summed E-state index contributed by atoms with van der Waals surface area (Å²) in [6.07, 6.45) is -4.54. The Balaban J connectivity index is 1.26. The number of rotatable bonds is 8. The molecule has 3 heterocycles. The van der Waals surface area contributed by atoms with Crippen LogP contribution in [0.4, 0.5) is 11.5 Å². The first kappa shape index (κ1) is 29.0. The summed E-state index contributed by atoms with van der Waals surface area (Å²) in [6, 6.07) is 12.5. The highest BCUT2D eigenvalue weighted by molar-refractivity contribution is 7.70. The van der Waals surface area contributed by atoms with Crippen molar-refractivity contribution in [2.45, 2.75) is 24.5 Å². The summed E-state index contributed by atoms with van der Waals surface area (Å²) < 4.78 is 34.8. The van der Waals surface area contributed by atoms with Crippen LogP contribution in [-0.4, -0.2) is 81.0 Å². The smallest absolute Gasteiger partial charge is 0.340 e. The van der Waals surface area contributed by atoms with Gasteiger partial charge in [-0.3, -0.25) is 18.5 Å². The number of fused-ring (bicyclic) bond motifs is 4. The SMILES string of the molecule is O=C1c2ccccc2-c2cc(Nc3nc(Cl)nc4c3ncn4C3OC(COP(=O)(O)CP(=O)(O)O)C(O)C3O)ccc21. The minimum Gasteiger partial charge on any atom is -0.387 e. The summed E-state index contributed by atoms with van der Waals surface area (Å²) in [5.41, 5.74) is 3.66. The van der Waals surface area contributed by atoms with Gasteiger partial charge in [0.2, 0.25) is 5.28 Å². The lowest BCUT2D eigenvalue weighted by atomic mass is 10.1. The number of benzene rings is 2. The predicted octanol–water partition coefficient (Wildman–Crippen LogP) is 2.39. The summed E-state index contributed by atoms with van der Waals surface area (Å²) in [4.78, 5) is 53.1. The molecule has 1 aliphatic heterocycles. The van der Waals surface area contributed by atoms with Crippen LogP contribution in [0.1, 0.15) is 22.1 Å². The molecule has 220 valence electrons. The van der Waals surface area contributed by atoms with Gasteiger partial charge in [-0.25, -0.2) is 4.98 Å². The molecule has 2 aromatic heterocycles. The maximum Gasteiger partial charge on any atom is 0.340 e. The quantitative estimate of drug-likeness (QED) is 0.106. The Hall–Kier alpha value is -3.07. The van der Waals surface area contributed by atoms with Crippen LogP contribution in [0.15, 0.2) is 48.8 Å². The molecule has 42 heavy (non-hydrogen) atoms. The van der Waals surface area contributed by atoms with Gasteiger partial charge in [0, 0.05) is 16.8 Å². The minimum absolute atomic E-state index is 0.0667. The van der Waals surface area contributed by atoms with Gasteiger partial charge in [0.05, 0.1) is 12.9 Å². The van der Waals surface area contributed by atoms with E-state index in [0.29, 0.717) is 16.8 Å². The molecule has 18 heteroatoms. The van der Waals surface area contributed by atoms with Crippen molar-refractivity contribution >= 4 is 55.2 Å². The molecule has 1 aliphatic carbocycles. The molecular weight excluding hydrogens is 616 g/mol. The number of nitrogens with zero attached hydrogens (tertiary/aromatic N) is 4. The number of hydrogen-bond acceptors (Lipinski definition) is 11. The second-order valence-corrected chi connectivity index (χ2v) is 14.0. The van der Waals surface area contributed by atoms with Crippen molar-refractivity contribution < 1.29 is 48.1 Å². The molecule has 6 rings (SSSR count). The second kappa shape index (κ2) is 10.6. The van der Waals surface area contributed by atoms with E-state index in [9.17, 15) is 29.0 Å². The van der Waals surface area contributed by atoms with Gasteiger partial charge in [-0.15, -0.1) is 0 Å². The van der Waals surface area contributed by atoms with Crippen molar-refractivity contribution in [2.75, 3.05) is 17.8 Å². The van der Waals surface area contributed by atoms with E-state index in [1.165, 1.54) is 10.9 Å². The fourth-order valence-electron chi connectivity index (χ4n) is 4.96. The number of aliphatic hydroxyl groups excluding tert-OH is 2. The molecule has 0 amide bonds. The molecule has 1 fully saturated rings. The summed E-state index contributed by atoms with van der Waals surface area (Å²) in [6.45, 7) is -0.748.